The Morgan fingerprint density at radius 3 is 2.55 bits per heavy atom. The topological polar surface area (TPSA) is 43.7 Å². The average molecular weight is 312 g/mol. The predicted molar refractivity (Wildman–Crippen MR) is 93.4 cm³/mol. The summed E-state index contributed by atoms with van der Waals surface area (Å²) in [6.07, 6.45) is 1.94. The summed E-state index contributed by atoms with van der Waals surface area (Å²) in [5.41, 5.74) is 2.65. The molecule has 4 nitrogen and oxygen atoms in total. The molecule has 0 aliphatic heterocycles. The number of nitrogens with zero attached hydrogens (tertiary/aromatic N) is 2. The van der Waals surface area contributed by atoms with Crippen LogP contribution in [-0.2, 0) is 4.74 Å². The third-order valence-corrected chi connectivity index (χ3v) is 4.02. The van der Waals surface area contributed by atoms with Gasteiger partial charge in [-0.05, 0) is 30.5 Å². The third-order valence-electron chi connectivity index (χ3n) is 3.41. The van der Waals surface area contributed by atoms with Gasteiger partial charge in [-0.25, -0.2) is 9.98 Å². The summed E-state index contributed by atoms with van der Waals surface area (Å²) >= 11 is 1.47. The molecule has 1 heterocycles. The zero-order valence-corrected chi connectivity index (χ0v) is 13.5. The van der Waals surface area contributed by atoms with Gasteiger partial charge in [-0.15, -0.1) is 0 Å². The molecule has 3 rings (SSSR count). The summed E-state index contributed by atoms with van der Waals surface area (Å²) in [4.78, 5) is 9.39. The van der Waals surface area contributed by atoms with Crippen LogP contribution >= 0.6 is 11.8 Å². The molecule has 0 amide bonds. The number of fused-ring (bicyclic) bond motifs is 2. The molecule has 0 saturated heterocycles. The van der Waals surface area contributed by atoms with Gasteiger partial charge in [-0.2, -0.15) is 0 Å². The van der Waals surface area contributed by atoms with Crippen molar-refractivity contribution in [2.24, 2.45) is 4.99 Å². The van der Waals surface area contributed by atoms with E-state index in [1.165, 1.54) is 11.8 Å². The number of hydrogen-bond acceptors (Lipinski definition) is 5. The monoisotopic (exact) mass is 312 g/mol. The molecule has 0 radical (unpaired) electrons. The van der Waals surface area contributed by atoms with Crippen LogP contribution in [-0.4, -0.2) is 30.7 Å². The van der Waals surface area contributed by atoms with Crippen molar-refractivity contribution in [1.29, 1.82) is 0 Å². The minimum atomic E-state index is 0.612. The molecule has 2 aromatic carbocycles. The van der Waals surface area contributed by atoms with E-state index in [9.17, 15) is 0 Å². The highest BCUT2D eigenvalue weighted by molar-refractivity contribution is 8.12. The Kier molecular flexibility index (Phi) is 4.15. The number of para-hydroxylation sites is 1. The zero-order valence-electron chi connectivity index (χ0n) is 12.7. The minimum absolute atomic E-state index is 0.612. The second kappa shape index (κ2) is 6.23. The molecule has 0 N–H and O–H groups in total. The summed E-state index contributed by atoms with van der Waals surface area (Å²) in [7, 11) is 3.28. The highest BCUT2D eigenvalue weighted by Crippen LogP contribution is 2.35. The van der Waals surface area contributed by atoms with Gasteiger partial charge in [0.2, 0.25) is 5.23 Å². The highest BCUT2D eigenvalue weighted by atomic mass is 32.2. The molecular weight excluding hydrogens is 296 g/mol. The Morgan fingerprint density at radius 2 is 1.82 bits per heavy atom. The van der Waals surface area contributed by atoms with Crippen LogP contribution in [0.3, 0.4) is 0 Å². The number of rotatable bonds is 2. The second-order valence-electron chi connectivity index (χ2n) is 4.65. The van der Waals surface area contributed by atoms with Crippen molar-refractivity contribution in [3.05, 3.63) is 42.5 Å². The number of ether oxygens (including phenoxy) is 2. The van der Waals surface area contributed by atoms with Gasteiger partial charge < -0.3 is 9.47 Å². The lowest BCUT2D eigenvalue weighted by atomic mass is 10.1. The Labute approximate surface area is 133 Å². The van der Waals surface area contributed by atoms with E-state index >= 15 is 0 Å². The van der Waals surface area contributed by atoms with Crippen LogP contribution in [0.25, 0.3) is 21.8 Å². The number of thioether (sulfide) groups is 1. The van der Waals surface area contributed by atoms with Gasteiger partial charge in [-0.3, -0.25) is 0 Å². The lowest BCUT2D eigenvalue weighted by molar-refractivity contribution is 0.415. The molecule has 0 aliphatic carbocycles. The second-order valence-corrected chi connectivity index (χ2v) is 5.40. The van der Waals surface area contributed by atoms with Crippen molar-refractivity contribution >= 4 is 44.5 Å². The molecule has 0 spiro atoms. The van der Waals surface area contributed by atoms with Crippen molar-refractivity contribution in [1.82, 2.24) is 4.98 Å². The molecule has 0 bridgehead atoms. The Hall–Kier alpha value is -2.27. The van der Waals surface area contributed by atoms with Crippen molar-refractivity contribution < 1.29 is 9.47 Å². The minimum Gasteiger partial charge on any atom is -0.497 e. The van der Waals surface area contributed by atoms with Crippen LogP contribution in [0.5, 0.6) is 5.75 Å². The number of methoxy groups -OCH3 is 2. The lowest BCUT2D eigenvalue weighted by Gasteiger charge is -2.10. The van der Waals surface area contributed by atoms with Gasteiger partial charge in [0.25, 0.3) is 0 Å². The fourth-order valence-corrected chi connectivity index (χ4v) is 2.71. The Bertz CT molecular complexity index is 856. The van der Waals surface area contributed by atoms with E-state index in [0.29, 0.717) is 5.23 Å². The number of aliphatic imine (C=N–C) groups is 1. The zero-order chi connectivity index (χ0) is 15.5. The lowest BCUT2D eigenvalue weighted by Crippen LogP contribution is -1.94. The molecular formula is C17H16N2O2S. The van der Waals surface area contributed by atoms with Gasteiger partial charge in [0.05, 0.1) is 30.9 Å². The maximum absolute atomic E-state index is 5.33. The number of pyridine rings is 1. The van der Waals surface area contributed by atoms with E-state index < -0.39 is 0 Å². The fourth-order valence-electron chi connectivity index (χ4n) is 2.36. The van der Waals surface area contributed by atoms with Crippen LogP contribution in [0.2, 0.25) is 0 Å². The number of hydrogen-bond donors (Lipinski definition) is 0. The van der Waals surface area contributed by atoms with Crippen molar-refractivity contribution in [2.45, 2.75) is 0 Å². The smallest absolute Gasteiger partial charge is 0.250 e. The van der Waals surface area contributed by atoms with Gasteiger partial charge in [0.1, 0.15) is 5.75 Å². The number of aromatic nitrogens is 1. The standard InChI is InChI=1S/C17H16N2O2S/c1-20-11-8-9-15-13(10-11)16(19-17(21-2)22-3)12-6-4-5-7-14(12)18-15/h4-10H,1-3H3. The SMILES string of the molecule is COC(=Nc1c2ccccc2nc2ccc(OC)cc12)SC. The quantitative estimate of drug-likeness (QED) is 0.400. The van der Waals surface area contributed by atoms with Crippen LogP contribution in [0.1, 0.15) is 0 Å². The first kappa shape index (κ1) is 14.7. The van der Waals surface area contributed by atoms with E-state index in [2.05, 4.69) is 4.99 Å². The van der Waals surface area contributed by atoms with Crippen LogP contribution in [0, 0.1) is 0 Å². The molecule has 0 unspecified atom stereocenters. The molecule has 0 fully saturated rings. The summed E-state index contributed by atoms with van der Waals surface area (Å²) in [5.74, 6) is 0.782. The first-order valence-electron chi connectivity index (χ1n) is 6.80. The van der Waals surface area contributed by atoms with Gasteiger partial charge in [0, 0.05) is 10.8 Å². The van der Waals surface area contributed by atoms with E-state index in [0.717, 1.165) is 33.2 Å². The normalized spacial score (nSPS) is 11.9. The largest absolute Gasteiger partial charge is 0.497 e. The van der Waals surface area contributed by atoms with Crippen molar-refractivity contribution in [3.63, 3.8) is 0 Å². The van der Waals surface area contributed by atoms with Gasteiger partial charge in [-0.1, -0.05) is 30.0 Å². The average Bonchev–Trinajstić information content (AvgIpc) is 2.58. The summed E-state index contributed by atoms with van der Waals surface area (Å²) < 4.78 is 10.7. The summed E-state index contributed by atoms with van der Waals surface area (Å²) in [5, 5.41) is 2.55. The van der Waals surface area contributed by atoms with E-state index in [1.54, 1.807) is 14.2 Å². The Balaban J connectivity index is 2.41. The summed E-state index contributed by atoms with van der Waals surface area (Å²) in [6, 6.07) is 13.8. The predicted octanol–water partition coefficient (Wildman–Crippen LogP) is 4.39. The van der Waals surface area contributed by atoms with Gasteiger partial charge >= 0.3 is 0 Å². The maximum atomic E-state index is 5.33. The molecule has 0 atom stereocenters. The molecule has 5 heteroatoms. The summed E-state index contributed by atoms with van der Waals surface area (Å²) in [6.45, 7) is 0. The molecule has 112 valence electrons. The maximum Gasteiger partial charge on any atom is 0.250 e. The molecule has 22 heavy (non-hydrogen) atoms. The van der Waals surface area contributed by atoms with E-state index in [-0.39, 0.29) is 0 Å². The number of benzene rings is 2. The van der Waals surface area contributed by atoms with Crippen LogP contribution in [0.15, 0.2) is 47.5 Å². The van der Waals surface area contributed by atoms with Crippen LogP contribution < -0.4 is 4.74 Å². The first-order valence-corrected chi connectivity index (χ1v) is 8.02. The van der Waals surface area contributed by atoms with Crippen molar-refractivity contribution in [2.75, 3.05) is 20.5 Å². The van der Waals surface area contributed by atoms with E-state index in [1.807, 2.05) is 48.7 Å². The molecule has 3 aromatic rings. The van der Waals surface area contributed by atoms with Crippen LogP contribution in [0.4, 0.5) is 5.69 Å². The van der Waals surface area contributed by atoms with Crippen molar-refractivity contribution in [3.8, 4) is 5.75 Å². The first-order chi connectivity index (χ1) is 10.8. The molecule has 0 aliphatic rings. The molecule has 0 saturated carbocycles. The van der Waals surface area contributed by atoms with E-state index in [4.69, 9.17) is 14.5 Å². The van der Waals surface area contributed by atoms with Gasteiger partial charge in [0.15, 0.2) is 0 Å². The third kappa shape index (κ3) is 2.60. The molecule has 1 aromatic heterocycles. The fraction of sp³-hybridized carbons (Fsp3) is 0.176. The highest BCUT2D eigenvalue weighted by Gasteiger charge is 2.11. The Morgan fingerprint density at radius 1 is 1.05 bits per heavy atom.